The Morgan fingerprint density at radius 3 is 2.40 bits per heavy atom. The first-order valence-electron chi connectivity index (χ1n) is 9.94. The molecule has 1 unspecified atom stereocenters. The van der Waals surface area contributed by atoms with Crippen molar-refractivity contribution in [1.82, 2.24) is 9.55 Å². The molecular formula is C26H15IN2O. The van der Waals surface area contributed by atoms with Gasteiger partial charge in [0.1, 0.15) is 22.7 Å². The summed E-state index contributed by atoms with van der Waals surface area (Å²) in [4.78, 5) is 5.22. The van der Waals surface area contributed by atoms with E-state index in [4.69, 9.17) is 9.72 Å². The summed E-state index contributed by atoms with van der Waals surface area (Å²) in [5, 5.41) is 0. The number of hydrogen-bond acceptors (Lipinski definition) is 2. The van der Waals surface area contributed by atoms with Gasteiger partial charge in [-0.2, -0.15) is 0 Å². The minimum absolute atomic E-state index is 0.513. The number of nitrogens with zero attached hydrogens (tertiary/aromatic N) is 2. The van der Waals surface area contributed by atoms with Gasteiger partial charge in [-0.15, -0.1) is 0 Å². The van der Waals surface area contributed by atoms with Crippen molar-refractivity contribution >= 4 is 33.6 Å². The van der Waals surface area contributed by atoms with Crippen molar-refractivity contribution in [2.24, 2.45) is 0 Å². The molecule has 2 aliphatic heterocycles. The van der Waals surface area contributed by atoms with Crippen molar-refractivity contribution in [3.8, 4) is 17.2 Å². The van der Waals surface area contributed by atoms with Crippen molar-refractivity contribution in [1.29, 1.82) is 0 Å². The van der Waals surface area contributed by atoms with E-state index < -0.39 is 5.41 Å². The summed E-state index contributed by atoms with van der Waals surface area (Å²) in [5.74, 6) is 2.81. The lowest BCUT2D eigenvalue weighted by molar-refractivity contribution is 0.432. The third kappa shape index (κ3) is 1.88. The number of benzene rings is 4. The minimum Gasteiger partial charge on any atom is -0.457 e. The molecule has 0 saturated carbocycles. The van der Waals surface area contributed by atoms with Gasteiger partial charge in [0.15, 0.2) is 0 Å². The van der Waals surface area contributed by atoms with Crippen molar-refractivity contribution < 1.29 is 4.74 Å². The maximum Gasteiger partial charge on any atom is 0.134 e. The molecule has 142 valence electrons. The highest BCUT2D eigenvalue weighted by Crippen LogP contribution is 2.59. The van der Waals surface area contributed by atoms with Gasteiger partial charge in [-0.3, -0.25) is 4.57 Å². The topological polar surface area (TPSA) is 27.1 Å². The summed E-state index contributed by atoms with van der Waals surface area (Å²) in [7, 11) is 0. The number of fused-ring (bicyclic) bond motifs is 11. The monoisotopic (exact) mass is 498 g/mol. The van der Waals surface area contributed by atoms with Crippen LogP contribution in [0.25, 0.3) is 16.7 Å². The van der Waals surface area contributed by atoms with Crippen LogP contribution in [-0.2, 0) is 5.41 Å². The predicted octanol–water partition coefficient (Wildman–Crippen LogP) is 6.43. The lowest BCUT2D eigenvalue weighted by atomic mass is 9.68. The standard InChI is InChI=1S/C26H15IN2O/c27-16-13-14-24-19(15-16)26(18-8-2-6-12-23(18)30-24)17-7-1-4-10-21(17)29-22-11-5-3-9-20(22)28-25(26)29/h1-15H. The molecule has 0 bridgehead atoms. The zero-order valence-electron chi connectivity index (χ0n) is 15.8. The second-order valence-electron chi connectivity index (χ2n) is 7.77. The Bertz CT molecular complexity index is 1500. The van der Waals surface area contributed by atoms with Crippen LogP contribution in [0.4, 0.5) is 0 Å². The van der Waals surface area contributed by atoms with E-state index in [9.17, 15) is 0 Å². The van der Waals surface area contributed by atoms with E-state index in [2.05, 4.69) is 112 Å². The highest BCUT2D eigenvalue weighted by Gasteiger charge is 2.53. The molecule has 2 aliphatic rings. The lowest BCUT2D eigenvalue weighted by Gasteiger charge is -2.37. The van der Waals surface area contributed by atoms with Gasteiger partial charge in [0.25, 0.3) is 0 Å². The Kier molecular flexibility index (Phi) is 3.18. The zero-order chi connectivity index (χ0) is 19.9. The van der Waals surface area contributed by atoms with E-state index in [1.165, 1.54) is 14.8 Å². The molecule has 7 rings (SSSR count). The van der Waals surface area contributed by atoms with Crippen molar-refractivity contribution in [3.63, 3.8) is 0 Å². The Hall–Kier alpha value is -3.12. The predicted molar refractivity (Wildman–Crippen MR) is 126 cm³/mol. The summed E-state index contributed by atoms with van der Waals surface area (Å²) in [6.45, 7) is 0. The molecule has 3 nitrogen and oxygen atoms in total. The van der Waals surface area contributed by atoms with Gasteiger partial charge in [0.05, 0.1) is 16.7 Å². The fourth-order valence-electron chi connectivity index (χ4n) is 5.17. The van der Waals surface area contributed by atoms with Crippen LogP contribution in [0.1, 0.15) is 22.5 Å². The molecule has 3 heterocycles. The highest BCUT2D eigenvalue weighted by molar-refractivity contribution is 14.1. The van der Waals surface area contributed by atoms with E-state index in [0.29, 0.717) is 0 Å². The van der Waals surface area contributed by atoms with E-state index in [1.54, 1.807) is 0 Å². The van der Waals surface area contributed by atoms with E-state index in [0.717, 1.165) is 39.5 Å². The molecule has 4 aromatic carbocycles. The van der Waals surface area contributed by atoms with Crippen molar-refractivity contribution in [2.75, 3.05) is 0 Å². The van der Waals surface area contributed by atoms with Gasteiger partial charge >= 0.3 is 0 Å². The third-order valence-electron chi connectivity index (χ3n) is 6.30. The lowest BCUT2D eigenvalue weighted by Crippen LogP contribution is -2.33. The molecule has 0 N–H and O–H groups in total. The molecule has 1 aromatic heterocycles. The number of rotatable bonds is 0. The van der Waals surface area contributed by atoms with Crippen LogP contribution in [0.3, 0.4) is 0 Å². The van der Waals surface area contributed by atoms with Crippen molar-refractivity contribution in [2.45, 2.75) is 5.41 Å². The third-order valence-corrected chi connectivity index (χ3v) is 6.97. The Morgan fingerprint density at radius 2 is 1.47 bits per heavy atom. The number of para-hydroxylation sites is 4. The van der Waals surface area contributed by atoms with Crippen molar-refractivity contribution in [3.05, 3.63) is 117 Å². The van der Waals surface area contributed by atoms with E-state index >= 15 is 0 Å². The molecule has 1 spiro atoms. The molecule has 0 amide bonds. The molecule has 4 heteroatoms. The minimum atomic E-state index is -0.513. The number of imidazole rings is 1. The average Bonchev–Trinajstić information content (AvgIpc) is 3.29. The maximum absolute atomic E-state index is 6.38. The first-order chi connectivity index (χ1) is 14.8. The molecule has 0 radical (unpaired) electrons. The SMILES string of the molecule is Ic1ccc2c(c1)C1(c3ccccc3O2)c2ccccc2-n2c1nc1ccccc12. The average molecular weight is 498 g/mol. The summed E-state index contributed by atoms with van der Waals surface area (Å²) in [5.41, 5.74) is 6.35. The van der Waals surface area contributed by atoms with Crippen LogP contribution in [0.5, 0.6) is 11.5 Å². The van der Waals surface area contributed by atoms with Crippen LogP contribution in [0.15, 0.2) is 91.0 Å². The highest BCUT2D eigenvalue weighted by atomic mass is 127. The molecule has 0 fully saturated rings. The van der Waals surface area contributed by atoms with Gasteiger partial charge in [-0.05, 0) is 70.6 Å². The normalized spacial score (nSPS) is 17.9. The summed E-state index contributed by atoms with van der Waals surface area (Å²) in [6.07, 6.45) is 0. The number of hydrogen-bond donors (Lipinski definition) is 0. The van der Waals surface area contributed by atoms with Crippen LogP contribution < -0.4 is 4.74 Å². The van der Waals surface area contributed by atoms with Crippen LogP contribution >= 0.6 is 22.6 Å². The van der Waals surface area contributed by atoms with Gasteiger partial charge < -0.3 is 4.74 Å². The quantitative estimate of drug-likeness (QED) is 0.225. The van der Waals surface area contributed by atoms with E-state index in [1.807, 2.05) is 6.07 Å². The van der Waals surface area contributed by atoms with E-state index in [-0.39, 0.29) is 0 Å². The number of aromatic nitrogens is 2. The van der Waals surface area contributed by atoms with Gasteiger partial charge in [-0.1, -0.05) is 48.5 Å². The summed E-state index contributed by atoms with van der Waals surface area (Å²) < 4.78 is 9.89. The van der Waals surface area contributed by atoms with Gasteiger partial charge in [0.2, 0.25) is 0 Å². The summed E-state index contributed by atoms with van der Waals surface area (Å²) >= 11 is 2.39. The maximum atomic E-state index is 6.38. The first kappa shape index (κ1) is 16.7. The van der Waals surface area contributed by atoms with Gasteiger partial charge in [-0.25, -0.2) is 4.98 Å². The fraction of sp³-hybridized carbons (Fsp3) is 0.0385. The van der Waals surface area contributed by atoms with Crippen LogP contribution in [-0.4, -0.2) is 9.55 Å². The number of halogens is 1. The second kappa shape index (κ2) is 5.73. The molecule has 0 aliphatic carbocycles. The molecule has 5 aromatic rings. The Balaban J connectivity index is 1.75. The second-order valence-corrected chi connectivity index (χ2v) is 9.01. The fourth-order valence-corrected chi connectivity index (χ4v) is 5.66. The van der Waals surface area contributed by atoms with Crippen LogP contribution in [0, 0.1) is 3.57 Å². The Morgan fingerprint density at radius 1 is 0.733 bits per heavy atom. The largest absolute Gasteiger partial charge is 0.457 e. The smallest absolute Gasteiger partial charge is 0.134 e. The Labute approximate surface area is 187 Å². The molecule has 1 atom stereocenters. The van der Waals surface area contributed by atoms with Crippen LogP contribution in [0.2, 0.25) is 0 Å². The molecule has 0 saturated heterocycles. The number of ether oxygens (including phenoxy) is 1. The zero-order valence-corrected chi connectivity index (χ0v) is 18.0. The molecule has 30 heavy (non-hydrogen) atoms. The first-order valence-corrected chi connectivity index (χ1v) is 11.0. The summed E-state index contributed by atoms with van der Waals surface area (Å²) in [6, 6.07) is 31.9. The molecular weight excluding hydrogens is 483 g/mol. The van der Waals surface area contributed by atoms with Gasteiger partial charge in [0, 0.05) is 14.7 Å².